The van der Waals surface area contributed by atoms with Crippen LogP contribution in [-0.2, 0) is 4.84 Å². The Balaban J connectivity index is 1.43. The lowest BCUT2D eigenvalue weighted by Crippen LogP contribution is -2.46. The fourth-order valence-corrected chi connectivity index (χ4v) is 7.40. The molecule has 0 aliphatic carbocycles. The number of hydrogen-bond donors (Lipinski definition) is 3. The topological polar surface area (TPSA) is 81.3 Å². The number of benzene rings is 3. The van der Waals surface area contributed by atoms with Gasteiger partial charge < -0.3 is 24.4 Å². The Kier molecular flexibility index (Phi) is 8.05. The molecule has 0 saturated carbocycles. The smallest absolute Gasteiger partial charge is 0.137 e. The molecule has 2 aliphatic rings. The Morgan fingerprint density at radius 3 is 1.90 bits per heavy atom. The van der Waals surface area contributed by atoms with E-state index >= 15 is 0 Å². The van der Waals surface area contributed by atoms with Gasteiger partial charge in [-0.2, -0.15) is 0 Å². The molecule has 1 aromatic heterocycles. The predicted molar refractivity (Wildman–Crippen MR) is 171 cm³/mol. The van der Waals surface area contributed by atoms with Gasteiger partial charge in [-0.3, -0.25) is 10.3 Å². The third kappa shape index (κ3) is 5.31. The zero-order valence-electron chi connectivity index (χ0n) is 24.2. The van der Waals surface area contributed by atoms with Crippen molar-refractivity contribution >= 4 is 34.9 Å². The molecule has 0 spiro atoms. The maximum absolute atomic E-state index is 12.0. The molecule has 2 saturated heterocycles. The summed E-state index contributed by atoms with van der Waals surface area (Å²) in [7, 11) is 1.58. The summed E-state index contributed by atoms with van der Waals surface area (Å²) in [5, 5.41) is 24.2. The number of hydrogen-bond acceptors (Lipinski definition) is 8. The van der Waals surface area contributed by atoms with E-state index in [1.54, 1.807) is 7.11 Å². The first kappa shape index (κ1) is 28.4. The summed E-state index contributed by atoms with van der Waals surface area (Å²) < 4.78 is 6.34. The van der Waals surface area contributed by atoms with Gasteiger partial charge in [-0.15, -0.1) is 11.8 Å². The highest BCUT2D eigenvalue weighted by Gasteiger charge is 2.53. The number of aliphatic hydroxyl groups is 2. The van der Waals surface area contributed by atoms with E-state index in [2.05, 4.69) is 39.5 Å². The molecule has 7 nitrogen and oxygen atoms in total. The summed E-state index contributed by atoms with van der Waals surface area (Å²) in [6.45, 7) is 6.08. The van der Waals surface area contributed by atoms with Gasteiger partial charge in [-0.1, -0.05) is 48.5 Å². The van der Waals surface area contributed by atoms with E-state index in [9.17, 15) is 10.2 Å². The van der Waals surface area contributed by atoms with Gasteiger partial charge in [-0.05, 0) is 80.4 Å². The van der Waals surface area contributed by atoms with Gasteiger partial charge in [-0.25, -0.2) is 0 Å². The first-order valence-electron chi connectivity index (χ1n) is 14.3. The van der Waals surface area contributed by atoms with Crippen LogP contribution < -0.4 is 15.3 Å². The Morgan fingerprint density at radius 1 is 0.786 bits per heavy atom. The van der Waals surface area contributed by atoms with Crippen LogP contribution in [0.3, 0.4) is 0 Å². The van der Waals surface area contributed by atoms with Crippen molar-refractivity contribution in [1.29, 1.82) is 0 Å². The number of rotatable bonds is 6. The van der Waals surface area contributed by atoms with Crippen molar-refractivity contribution in [2.75, 3.05) is 22.4 Å². The lowest BCUT2D eigenvalue weighted by Gasteiger charge is -2.36. The molecule has 0 bridgehead atoms. The van der Waals surface area contributed by atoms with Crippen molar-refractivity contribution in [3.05, 3.63) is 108 Å². The molecule has 3 aromatic carbocycles. The van der Waals surface area contributed by atoms with Crippen molar-refractivity contribution in [1.82, 2.24) is 0 Å². The van der Waals surface area contributed by atoms with Crippen molar-refractivity contribution in [2.45, 2.75) is 55.8 Å². The molecule has 4 aromatic rings. The predicted octanol–water partition coefficient (Wildman–Crippen LogP) is 6.54. The third-order valence-electron chi connectivity index (χ3n) is 8.24. The number of thioether (sulfide) groups is 1. The molecule has 0 radical (unpaired) electrons. The normalized spacial score (nSPS) is 26.8. The van der Waals surface area contributed by atoms with Crippen molar-refractivity contribution in [3.63, 3.8) is 0 Å². The molecular weight excluding hydrogens is 546 g/mol. The molecule has 6 atom stereocenters. The van der Waals surface area contributed by atoms with E-state index in [4.69, 9.17) is 9.25 Å². The van der Waals surface area contributed by atoms with E-state index < -0.39 is 12.2 Å². The van der Waals surface area contributed by atoms with Gasteiger partial charge in [0.1, 0.15) is 22.3 Å². The van der Waals surface area contributed by atoms with Crippen LogP contribution in [0, 0.1) is 6.92 Å². The van der Waals surface area contributed by atoms with Crippen LogP contribution in [0.25, 0.3) is 17.4 Å². The molecule has 6 rings (SSSR count). The second kappa shape index (κ2) is 11.9. The Morgan fingerprint density at radius 2 is 1.36 bits per heavy atom. The number of aryl methyl sites for hydroxylation is 1. The highest BCUT2D eigenvalue weighted by atomic mass is 32.2. The van der Waals surface area contributed by atoms with E-state index in [1.807, 2.05) is 105 Å². The summed E-state index contributed by atoms with van der Waals surface area (Å²) >= 11 is 1.84. The highest BCUT2D eigenvalue weighted by Crippen LogP contribution is 2.52. The maximum Gasteiger partial charge on any atom is 0.137 e. The molecule has 2 aliphatic heterocycles. The Hall–Kier alpha value is -3.69. The van der Waals surface area contributed by atoms with Gasteiger partial charge in [0.2, 0.25) is 0 Å². The minimum absolute atomic E-state index is 0.120. The van der Waals surface area contributed by atoms with E-state index in [0.717, 1.165) is 28.2 Å². The van der Waals surface area contributed by atoms with Gasteiger partial charge in [0, 0.05) is 16.9 Å². The van der Waals surface area contributed by atoms with Crippen LogP contribution in [0.15, 0.2) is 101 Å². The summed E-state index contributed by atoms with van der Waals surface area (Å²) in [4.78, 5) is 9.77. The van der Waals surface area contributed by atoms with Gasteiger partial charge in [0.05, 0.1) is 37.1 Å². The zero-order valence-corrected chi connectivity index (χ0v) is 25.0. The van der Waals surface area contributed by atoms with Crippen molar-refractivity contribution in [3.8, 4) is 11.3 Å². The third-order valence-corrected chi connectivity index (χ3v) is 9.46. The van der Waals surface area contributed by atoms with Gasteiger partial charge in [0.15, 0.2) is 0 Å². The summed E-state index contributed by atoms with van der Waals surface area (Å²) in [6.07, 6.45) is -0.0832. The number of nitrogens with zero attached hydrogens (tertiary/aromatic N) is 2. The first-order chi connectivity index (χ1) is 20.4. The number of para-hydroxylation sites is 2. The minimum Gasteiger partial charge on any atom is -0.457 e. The Labute approximate surface area is 251 Å². The lowest BCUT2D eigenvalue weighted by atomic mass is 9.92. The standard InChI is InChI=1S/C34H37N3O4S/c1-21-12-11-17-28(35-40-4)30(21)29-19-18-26(41-29)20-27-31(38)22(2)36(24-13-7-5-8-14-24)33-34(42-33)37(23(3)32(27)39)25-15-9-6-10-16-25/h5-20,22-23,31-35,38-39H,1-4H3/t22-,23?,31?,32?,33?,34?/m0/s1. The largest absolute Gasteiger partial charge is 0.457 e. The number of fused-ring (bicyclic) bond motifs is 1. The number of furan rings is 1. The average Bonchev–Trinajstić information content (AvgIpc) is 3.61. The second-order valence-corrected chi connectivity index (χ2v) is 12.2. The van der Waals surface area contributed by atoms with Crippen LogP contribution in [0.4, 0.5) is 17.1 Å². The number of anilines is 3. The number of aliphatic hydroxyl groups excluding tert-OH is 2. The van der Waals surface area contributed by atoms with E-state index in [-0.39, 0.29) is 22.8 Å². The number of nitrogens with one attached hydrogen (secondary N) is 1. The molecule has 2 fully saturated rings. The van der Waals surface area contributed by atoms with Crippen molar-refractivity contribution in [2.24, 2.45) is 0 Å². The van der Waals surface area contributed by atoms with Crippen LogP contribution in [0.2, 0.25) is 0 Å². The van der Waals surface area contributed by atoms with Gasteiger partial charge in [0.25, 0.3) is 0 Å². The zero-order chi connectivity index (χ0) is 29.4. The Bertz CT molecular complexity index is 1480. The van der Waals surface area contributed by atoms with Crippen LogP contribution in [0.5, 0.6) is 0 Å². The molecule has 42 heavy (non-hydrogen) atoms. The first-order valence-corrected chi connectivity index (χ1v) is 15.2. The van der Waals surface area contributed by atoms with Crippen molar-refractivity contribution < 1.29 is 19.5 Å². The maximum atomic E-state index is 12.0. The summed E-state index contributed by atoms with van der Waals surface area (Å²) in [6, 6.07) is 29.5. The molecule has 3 N–H and O–H groups in total. The van der Waals surface area contributed by atoms with Crippen LogP contribution in [0.1, 0.15) is 25.2 Å². The summed E-state index contributed by atoms with van der Waals surface area (Å²) in [5.41, 5.74) is 8.25. The van der Waals surface area contributed by atoms with E-state index in [1.165, 1.54) is 0 Å². The minimum atomic E-state index is -0.946. The van der Waals surface area contributed by atoms with Crippen LogP contribution >= 0.6 is 11.8 Å². The van der Waals surface area contributed by atoms with Crippen LogP contribution in [-0.4, -0.2) is 52.4 Å². The molecule has 5 unspecified atom stereocenters. The highest BCUT2D eigenvalue weighted by molar-refractivity contribution is 8.08. The molecule has 218 valence electrons. The SMILES string of the molecule is CONc1cccc(C)c1-c1ccc(C=C2C(O)C(C)N(c3ccccc3)C3SC3N(c3ccccc3)[C@@H](C)C2O)o1. The molecule has 0 amide bonds. The quantitative estimate of drug-likeness (QED) is 0.175. The molecular formula is C34H37N3O4S. The fourth-order valence-electron chi connectivity index (χ4n) is 6.06. The van der Waals surface area contributed by atoms with E-state index in [0.29, 0.717) is 17.1 Å². The monoisotopic (exact) mass is 583 g/mol. The molecule has 3 heterocycles. The average molecular weight is 584 g/mol. The summed E-state index contributed by atoms with van der Waals surface area (Å²) in [5.74, 6) is 1.22. The second-order valence-electron chi connectivity index (χ2n) is 10.9. The van der Waals surface area contributed by atoms with Gasteiger partial charge >= 0.3 is 0 Å². The lowest BCUT2D eigenvalue weighted by molar-refractivity contribution is 0.120. The fraction of sp³-hybridized carbons (Fsp3) is 0.294. The molecule has 8 heteroatoms.